The summed E-state index contributed by atoms with van der Waals surface area (Å²) in [6.07, 6.45) is 1.75. The number of aryl methyl sites for hydroxylation is 2. The van der Waals surface area contributed by atoms with E-state index in [-0.39, 0.29) is 11.9 Å². The zero-order valence-electron chi connectivity index (χ0n) is 14.5. The molecule has 0 spiro atoms. The van der Waals surface area contributed by atoms with Gasteiger partial charge in [0.15, 0.2) is 5.01 Å². The van der Waals surface area contributed by atoms with Crippen molar-refractivity contribution in [1.82, 2.24) is 20.3 Å². The van der Waals surface area contributed by atoms with Gasteiger partial charge in [0.1, 0.15) is 17.7 Å². The first-order chi connectivity index (χ1) is 12.6. The first-order valence-corrected chi connectivity index (χ1v) is 9.22. The molecule has 1 aromatic carbocycles. The molecule has 1 fully saturated rings. The van der Waals surface area contributed by atoms with E-state index in [0.717, 1.165) is 36.6 Å². The van der Waals surface area contributed by atoms with Gasteiger partial charge in [-0.3, -0.25) is 0 Å². The summed E-state index contributed by atoms with van der Waals surface area (Å²) in [6, 6.07) is 4.64. The fraction of sp³-hybridized carbons (Fsp3) is 0.412. The van der Waals surface area contributed by atoms with E-state index in [1.807, 2.05) is 6.92 Å². The summed E-state index contributed by atoms with van der Waals surface area (Å²) in [5.74, 6) is 1.31. The minimum atomic E-state index is -0.277. The van der Waals surface area contributed by atoms with Crippen molar-refractivity contribution in [2.24, 2.45) is 0 Å². The Morgan fingerprint density at radius 2 is 2.04 bits per heavy atom. The third kappa shape index (κ3) is 3.52. The number of hydrogen-bond acceptors (Lipinski definition) is 8. The molecule has 0 N–H and O–H groups in total. The van der Waals surface area contributed by atoms with Crippen molar-refractivity contribution in [3.63, 3.8) is 0 Å². The minimum absolute atomic E-state index is 0.0685. The lowest BCUT2D eigenvalue weighted by Crippen LogP contribution is -2.38. The zero-order chi connectivity index (χ0) is 18.1. The minimum Gasteiger partial charge on any atom is -0.490 e. The van der Waals surface area contributed by atoms with Gasteiger partial charge in [0.05, 0.1) is 0 Å². The van der Waals surface area contributed by atoms with Crippen LogP contribution in [-0.4, -0.2) is 39.5 Å². The van der Waals surface area contributed by atoms with E-state index in [0.29, 0.717) is 22.5 Å². The fourth-order valence-corrected chi connectivity index (χ4v) is 3.69. The molecular formula is C17H18FN5O2S. The van der Waals surface area contributed by atoms with Crippen LogP contribution in [0.15, 0.2) is 22.7 Å². The van der Waals surface area contributed by atoms with Crippen LogP contribution in [0.5, 0.6) is 5.75 Å². The van der Waals surface area contributed by atoms with Crippen LogP contribution < -0.4 is 9.64 Å². The Morgan fingerprint density at radius 1 is 1.23 bits per heavy atom. The van der Waals surface area contributed by atoms with Crippen molar-refractivity contribution in [3.8, 4) is 16.6 Å². The summed E-state index contributed by atoms with van der Waals surface area (Å²) in [4.78, 5) is 6.35. The molecule has 0 unspecified atom stereocenters. The number of piperidine rings is 1. The standard InChI is InChI=1S/C17H18FN5O2S/c1-10-3-4-12(18)9-14(10)24-13-5-7-23(8-6-13)17-21-20-16(26-17)15-19-11(2)25-22-15/h3-4,9,13H,5-8H2,1-2H3. The molecule has 0 aliphatic carbocycles. The molecule has 9 heteroatoms. The van der Waals surface area contributed by atoms with Crippen molar-refractivity contribution in [2.75, 3.05) is 18.0 Å². The Morgan fingerprint density at radius 3 is 2.77 bits per heavy atom. The number of halogens is 1. The van der Waals surface area contributed by atoms with E-state index in [1.54, 1.807) is 13.0 Å². The summed E-state index contributed by atoms with van der Waals surface area (Å²) in [7, 11) is 0. The lowest BCUT2D eigenvalue weighted by Gasteiger charge is -2.31. The summed E-state index contributed by atoms with van der Waals surface area (Å²) in [5.41, 5.74) is 0.943. The van der Waals surface area contributed by atoms with Crippen molar-refractivity contribution in [3.05, 3.63) is 35.5 Å². The molecule has 1 aliphatic rings. The van der Waals surface area contributed by atoms with Gasteiger partial charge in [0.25, 0.3) is 0 Å². The average Bonchev–Trinajstić information content (AvgIpc) is 3.28. The third-order valence-corrected chi connectivity index (χ3v) is 5.27. The molecule has 1 saturated heterocycles. The maximum Gasteiger partial charge on any atom is 0.233 e. The van der Waals surface area contributed by atoms with Gasteiger partial charge in [0, 0.05) is 38.9 Å². The Balaban J connectivity index is 1.38. The van der Waals surface area contributed by atoms with Gasteiger partial charge < -0.3 is 14.2 Å². The monoisotopic (exact) mass is 375 g/mol. The van der Waals surface area contributed by atoms with Crippen molar-refractivity contribution >= 4 is 16.5 Å². The highest BCUT2D eigenvalue weighted by atomic mass is 32.1. The van der Waals surface area contributed by atoms with Crippen LogP contribution in [-0.2, 0) is 0 Å². The Bertz CT molecular complexity index is 904. The van der Waals surface area contributed by atoms with E-state index in [2.05, 4.69) is 25.2 Å². The molecule has 4 rings (SSSR count). The van der Waals surface area contributed by atoms with Crippen LogP contribution in [0.4, 0.5) is 9.52 Å². The van der Waals surface area contributed by atoms with E-state index in [1.165, 1.54) is 23.5 Å². The molecule has 0 radical (unpaired) electrons. The first kappa shape index (κ1) is 16.9. The van der Waals surface area contributed by atoms with Crippen molar-refractivity contribution < 1.29 is 13.7 Å². The van der Waals surface area contributed by atoms with Crippen LogP contribution in [0.3, 0.4) is 0 Å². The van der Waals surface area contributed by atoms with E-state index in [4.69, 9.17) is 9.26 Å². The molecule has 136 valence electrons. The van der Waals surface area contributed by atoms with Gasteiger partial charge in [-0.2, -0.15) is 4.98 Å². The predicted molar refractivity (Wildman–Crippen MR) is 94.9 cm³/mol. The quantitative estimate of drug-likeness (QED) is 0.692. The highest BCUT2D eigenvalue weighted by Gasteiger charge is 2.24. The van der Waals surface area contributed by atoms with Crippen LogP contribution in [0.2, 0.25) is 0 Å². The molecule has 0 atom stereocenters. The predicted octanol–water partition coefficient (Wildman–Crippen LogP) is 3.39. The second-order valence-corrected chi connectivity index (χ2v) is 7.20. The van der Waals surface area contributed by atoms with Crippen molar-refractivity contribution in [2.45, 2.75) is 32.8 Å². The molecular weight excluding hydrogens is 357 g/mol. The summed E-state index contributed by atoms with van der Waals surface area (Å²) in [6.45, 7) is 5.27. The second kappa shape index (κ2) is 6.99. The number of benzene rings is 1. The largest absolute Gasteiger partial charge is 0.490 e. The van der Waals surface area contributed by atoms with Gasteiger partial charge in [-0.1, -0.05) is 22.6 Å². The second-order valence-electron chi connectivity index (χ2n) is 6.24. The van der Waals surface area contributed by atoms with Gasteiger partial charge in [-0.15, -0.1) is 10.2 Å². The lowest BCUT2D eigenvalue weighted by atomic mass is 10.1. The number of ether oxygens (including phenoxy) is 1. The first-order valence-electron chi connectivity index (χ1n) is 8.40. The molecule has 0 saturated carbocycles. The molecule has 26 heavy (non-hydrogen) atoms. The van der Waals surface area contributed by atoms with Gasteiger partial charge in [-0.05, 0) is 18.6 Å². The third-order valence-electron chi connectivity index (χ3n) is 4.29. The molecule has 2 aromatic heterocycles. The number of aromatic nitrogens is 4. The van der Waals surface area contributed by atoms with Crippen LogP contribution in [0.25, 0.3) is 10.8 Å². The van der Waals surface area contributed by atoms with Crippen LogP contribution in [0.1, 0.15) is 24.3 Å². The topological polar surface area (TPSA) is 77.2 Å². The number of hydrogen-bond donors (Lipinski definition) is 0. The Kier molecular flexibility index (Phi) is 4.54. The molecule has 3 aromatic rings. The van der Waals surface area contributed by atoms with E-state index >= 15 is 0 Å². The number of anilines is 1. The van der Waals surface area contributed by atoms with Gasteiger partial charge in [0.2, 0.25) is 16.8 Å². The Hall–Kier alpha value is -2.55. The summed E-state index contributed by atoms with van der Waals surface area (Å²) >= 11 is 1.44. The molecule has 0 amide bonds. The maximum atomic E-state index is 13.4. The molecule has 0 bridgehead atoms. The summed E-state index contributed by atoms with van der Waals surface area (Å²) < 4.78 is 24.4. The summed E-state index contributed by atoms with van der Waals surface area (Å²) in [5, 5.41) is 13.7. The van der Waals surface area contributed by atoms with E-state index in [9.17, 15) is 4.39 Å². The highest BCUT2D eigenvalue weighted by Crippen LogP contribution is 2.30. The maximum absolute atomic E-state index is 13.4. The number of rotatable bonds is 4. The van der Waals surface area contributed by atoms with E-state index < -0.39 is 0 Å². The average molecular weight is 375 g/mol. The fourth-order valence-electron chi connectivity index (χ4n) is 2.87. The van der Waals surface area contributed by atoms with Gasteiger partial charge >= 0.3 is 0 Å². The van der Waals surface area contributed by atoms with Crippen molar-refractivity contribution in [1.29, 1.82) is 0 Å². The molecule has 1 aliphatic heterocycles. The van der Waals surface area contributed by atoms with Crippen LogP contribution >= 0.6 is 11.3 Å². The smallest absolute Gasteiger partial charge is 0.233 e. The number of nitrogens with zero attached hydrogens (tertiary/aromatic N) is 5. The zero-order valence-corrected chi connectivity index (χ0v) is 15.3. The van der Waals surface area contributed by atoms with Gasteiger partial charge in [-0.25, -0.2) is 4.39 Å². The molecule has 7 nitrogen and oxygen atoms in total. The lowest BCUT2D eigenvalue weighted by molar-refractivity contribution is 0.169. The highest BCUT2D eigenvalue weighted by molar-refractivity contribution is 7.18. The van der Waals surface area contributed by atoms with Crippen LogP contribution in [0, 0.1) is 19.7 Å². The molecule has 3 heterocycles. The Labute approximate surface area is 153 Å². The SMILES string of the molecule is Cc1nc(-c2nnc(N3CCC(Oc4cc(F)ccc4C)CC3)s2)no1. The normalized spacial score (nSPS) is 15.4.